The van der Waals surface area contributed by atoms with Crippen molar-refractivity contribution < 1.29 is 4.92 Å². The third-order valence-electron chi connectivity index (χ3n) is 1.77. The molecule has 0 saturated carbocycles. The van der Waals surface area contributed by atoms with E-state index in [1.165, 1.54) is 6.07 Å². The minimum Gasteiger partial charge on any atom is -0.307 e. The second-order valence-corrected chi connectivity index (χ2v) is 3.75. The quantitative estimate of drug-likeness (QED) is 0.602. The number of nitrogens with zero attached hydrogens (tertiary/aromatic N) is 1. The molecule has 0 fully saturated rings. The van der Waals surface area contributed by atoms with Gasteiger partial charge in [-0.2, -0.15) is 0 Å². The van der Waals surface area contributed by atoms with Gasteiger partial charge in [-0.15, -0.1) is 0 Å². The molecule has 7 heteroatoms. The minimum absolute atomic E-state index is 0.0219. The molecular weight excluding hydrogens is 228 g/mol. The van der Waals surface area contributed by atoms with Crippen LogP contribution in [0.4, 0.5) is 5.69 Å². The summed E-state index contributed by atoms with van der Waals surface area (Å²) in [5, 5.41) is 10.7. The standard InChI is InChI=1S/C7H3ClN2O3S/c8-3-1-2-4-5(6(3)10(12)13)7(11)14-9-4/h1-2,9H. The van der Waals surface area contributed by atoms with Gasteiger partial charge in [-0.1, -0.05) is 11.6 Å². The SMILES string of the molecule is O=c1s[nH]c2ccc(Cl)c([N+](=O)[O-])c12. The summed E-state index contributed by atoms with van der Waals surface area (Å²) in [4.78, 5) is 21.3. The van der Waals surface area contributed by atoms with Gasteiger partial charge in [-0.05, 0) is 23.7 Å². The van der Waals surface area contributed by atoms with Gasteiger partial charge in [-0.25, -0.2) is 0 Å². The monoisotopic (exact) mass is 230 g/mol. The van der Waals surface area contributed by atoms with Crippen molar-refractivity contribution >= 4 is 39.7 Å². The molecule has 14 heavy (non-hydrogen) atoms. The molecule has 1 aromatic carbocycles. The molecular formula is C7H3ClN2O3S. The van der Waals surface area contributed by atoms with Crippen LogP contribution < -0.4 is 4.74 Å². The number of nitrogens with one attached hydrogen (secondary N) is 1. The summed E-state index contributed by atoms with van der Waals surface area (Å²) >= 11 is 6.45. The minimum atomic E-state index is -0.646. The Morgan fingerprint density at radius 1 is 1.50 bits per heavy atom. The normalized spacial score (nSPS) is 10.6. The molecule has 0 spiro atoms. The van der Waals surface area contributed by atoms with Gasteiger partial charge in [0.05, 0.1) is 10.4 Å². The fourth-order valence-electron chi connectivity index (χ4n) is 1.19. The number of H-pyrrole nitrogens is 1. The molecule has 0 aliphatic carbocycles. The van der Waals surface area contributed by atoms with E-state index in [1.807, 2.05) is 0 Å². The lowest BCUT2D eigenvalue weighted by molar-refractivity contribution is -0.382. The highest BCUT2D eigenvalue weighted by Crippen LogP contribution is 2.30. The first-order chi connectivity index (χ1) is 6.61. The molecule has 1 heterocycles. The van der Waals surface area contributed by atoms with Crippen molar-refractivity contribution in [3.63, 3.8) is 0 Å². The molecule has 0 bridgehead atoms. The van der Waals surface area contributed by atoms with E-state index in [4.69, 9.17) is 11.6 Å². The zero-order valence-electron chi connectivity index (χ0n) is 6.61. The molecule has 2 rings (SSSR count). The van der Waals surface area contributed by atoms with Gasteiger partial charge in [0, 0.05) is 0 Å². The van der Waals surface area contributed by atoms with Crippen LogP contribution in [-0.2, 0) is 0 Å². The van der Waals surface area contributed by atoms with Gasteiger partial charge in [-0.3, -0.25) is 14.9 Å². The van der Waals surface area contributed by atoms with E-state index in [0.717, 1.165) is 11.5 Å². The fourth-order valence-corrected chi connectivity index (χ4v) is 2.10. The van der Waals surface area contributed by atoms with Gasteiger partial charge in [0.1, 0.15) is 10.4 Å². The van der Waals surface area contributed by atoms with E-state index in [0.29, 0.717) is 5.52 Å². The van der Waals surface area contributed by atoms with Crippen LogP contribution in [0.1, 0.15) is 0 Å². The summed E-state index contributed by atoms with van der Waals surface area (Å²) < 4.78 is 2.30. The summed E-state index contributed by atoms with van der Waals surface area (Å²) in [6, 6.07) is 2.94. The first kappa shape index (κ1) is 9.17. The van der Waals surface area contributed by atoms with E-state index in [9.17, 15) is 14.9 Å². The number of nitro benzene ring substituents is 1. The van der Waals surface area contributed by atoms with E-state index in [2.05, 4.69) is 4.37 Å². The van der Waals surface area contributed by atoms with Crippen molar-refractivity contribution in [2.75, 3.05) is 0 Å². The van der Waals surface area contributed by atoms with E-state index >= 15 is 0 Å². The molecule has 0 saturated heterocycles. The summed E-state index contributed by atoms with van der Waals surface area (Å²) in [5.74, 6) is 0. The van der Waals surface area contributed by atoms with Crippen molar-refractivity contribution in [2.24, 2.45) is 0 Å². The van der Waals surface area contributed by atoms with Gasteiger partial charge in [0.15, 0.2) is 0 Å². The molecule has 0 radical (unpaired) electrons. The predicted molar refractivity (Wildman–Crippen MR) is 54.1 cm³/mol. The second kappa shape index (κ2) is 3.07. The largest absolute Gasteiger partial charge is 0.307 e. The number of rotatable bonds is 1. The average Bonchev–Trinajstić information content (AvgIpc) is 2.47. The highest BCUT2D eigenvalue weighted by Gasteiger charge is 2.20. The number of nitro groups is 1. The molecule has 1 N–H and O–H groups in total. The number of aromatic nitrogens is 1. The van der Waals surface area contributed by atoms with E-state index in [-0.39, 0.29) is 20.8 Å². The third kappa shape index (κ3) is 1.19. The average molecular weight is 231 g/mol. The van der Waals surface area contributed by atoms with Gasteiger partial charge < -0.3 is 4.37 Å². The van der Waals surface area contributed by atoms with Gasteiger partial charge >= 0.3 is 5.69 Å². The van der Waals surface area contributed by atoms with Gasteiger partial charge in [0.25, 0.3) is 4.74 Å². The van der Waals surface area contributed by atoms with Crippen LogP contribution in [0.2, 0.25) is 5.02 Å². The fraction of sp³-hybridized carbons (Fsp3) is 0. The third-order valence-corrected chi connectivity index (χ3v) is 2.79. The number of hydrogen-bond donors (Lipinski definition) is 1. The van der Waals surface area contributed by atoms with Crippen LogP contribution in [-0.4, -0.2) is 9.30 Å². The smallest absolute Gasteiger partial charge is 0.302 e. The molecule has 0 amide bonds. The Morgan fingerprint density at radius 2 is 2.21 bits per heavy atom. The Bertz CT molecular complexity index is 574. The Labute approximate surface area is 86.2 Å². The molecule has 1 aromatic heterocycles. The lowest BCUT2D eigenvalue weighted by Crippen LogP contribution is -1.96. The summed E-state index contributed by atoms with van der Waals surface area (Å²) in [6.07, 6.45) is 0. The first-order valence-corrected chi connectivity index (χ1v) is 4.75. The number of halogens is 1. The van der Waals surface area contributed by atoms with Crippen molar-refractivity contribution in [1.82, 2.24) is 4.37 Å². The van der Waals surface area contributed by atoms with Crippen LogP contribution in [0.25, 0.3) is 10.9 Å². The molecule has 0 aliphatic heterocycles. The molecule has 5 nitrogen and oxygen atoms in total. The first-order valence-electron chi connectivity index (χ1n) is 3.55. The van der Waals surface area contributed by atoms with Crippen LogP contribution in [0.3, 0.4) is 0 Å². The number of fused-ring (bicyclic) bond motifs is 1. The number of hydrogen-bond acceptors (Lipinski definition) is 4. The maximum Gasteiger partial charge on any atom is 0.302 e. The second-order valence-electron chi connectivity index (χ2n) is 2.57. The molecule has 72 valence electrons. The van der Waals surface area contributed by atoms with Crippen LogP contribution in [0.5, 0.6) is 0 Å². The number of benzene rings is 1. The Kier molecular flexibility index (Phi) is 2.01. The topological polar surface area (TPSA) is 76.0 Å². The lowest BCUT2D eigenvalue weighted by atomic mass is 10.2. The zero-order valence-corrected chi connectivity index (χ0v) is 8.19. The van der Waals surface area contributed by atoms with Crippen LogP contribution in [0, 0.1) is 10.1 Å². The van der Waals surface area contributed by atoms with E-state index < -0.39 is 4.92 Å². The van der Waals surface area contributed by atoms with Crippen LogP contribution in [0.15, 0.2) is 16.9 Å². The maximum atomic E-state index is 11.3. The molecule has 0 unspecified atom stereocenters. The highest BCUT2D eigenvalue weighted by atomic mass is 35.5. The zero-order chi connectivity index (χ0) is 10.3. The Balaban J connectivity index is 3.02. The summed E-state index contributed by atoms with van der Waals surface area (Å²) in [7, 11) is 0. The Hall–Kier alpha value is -1.40. The van der Waals surface area contributed by atoms with Crippen molar-refractivity contribution in [3.05, 3.63) is 36.8 Å². The van der Waals surface area contributed by atoms with Crippen LogP contribution >= 0.6 is 23.1 Å². The molecule has 0 atom stereocenters. The van der Waals surface area contributed by atoms with Crippen molar-refractivity contribution in [3.8, 4) is 0 Å². The lowest BCUT2D eigenvalue weighted by Gasteiger charge is -1.94. The predicted octanol–water partition coefficient (Wildman–Crippen LogP) is 2.15. The van der Waals surface area contributed by atoms with Crippen molar-refractivity contribution in [2.45, 2.75) is 0 Å². The summed E-state index contributed by atoms with van der Waals surface area (Å²) in [5.41, 5.74) is 0.114. The highest BCUT2D eigenvalue weighted by molar-refractivity contribution is 7.04. The molecule has 0 aliphatic rings. The summed E-state index contributed by atoms with van der Waals surface area (Å²) in [6.45, 7) is 0. The van der Waals surface area contributed by atoms with Gasteiger partial charge in [0.2, 0.25) is 0 Å². The van der Waals surface area contributed by atoms with E-state index in [1.54, 1.807) is 6.07 Å². The maximum absolute atomic E-state index is 11.3. The van der Waals surface area contributed by atoms with Crippen molar-refractivity contribution in [1.29, 1.82) is 0 Å². The molecule has 2 aromatic rings. The Morgan fingerprint density at radius 3 is 2.86 bits per heavy atom. The number of aromatic amines is 1.